The molecule has 0 saturated heterocycles. The van der Waals surface area contributed by atoms with Crippen molar-refractivity contribution in [2.45, 2.75) is 6.54 Å². The summed E-state index contributed by atoms with van der Waals surface area (Å²) in [6.07, 6.45) is 2.87. The lowest BCUT2D eigenvalue weighted by Crippen LogP contribution is -2.13. The molecule has 7 heteroatoms. The molecule has 1 aromatic carbocycles. The van der Waals surface area contributed by atoms with Gasteiger partial charge in [0.2, 0.25) is 0 Å². The zero-order chi connectivity index (χ0) is 14.5. The first-order chi connectivity index (χ1) is 9.58. The molecule has 0 aliphatic carbocycles. The first-order valence-electron chi connectivity index (χ1n) is 5.74. The highest BCUT2D eigenvalue weighted by molar-refractivity contribution is 6.04. The standard InChI is InChI=1S/C13H12FN3O3/c1-20-12(18)8-17-7-11(6-15-17)16-13(19)9-3-2-4-10(14)5-9/h2-7H,8H2,1H3,(H,16,19). The molecule has 0 radical (unpaired) electrons. The van der Waals surface area contributed by atoms with Crippen LogP contribution in [0.2, 0.25) is 0 Å². The number of ether oxygens (including phenoxy) is 1. The van der Waals surface area contributed by atoms with Crippen LogP contribution in [0.25, 0.3) is 0 Å². The van der Waals surface area contributed by atoms with Crippen LogP contribution in [0.3, 0.4) is 0 Å². The molecule has 0 fully saturated rings. The maximum atomic E-state index is 13.0. The lowest BCUT2D eigenvalue weighted by Gasteiger charge is -2.02. The second-order valence-electron chi connectivity index (χ2n) is 3.97. The van der Waals surface area contributed by atoms with Gasteiger partial charge in [-0.25, -0.2) is 4.39 Å². The van der Waals surface area contributed by atoms with E-state index < -0.39 is 17.7 Å². The number of anilines is 1. The molecule has 0 atom stereocenters. The number of carbonyl (C=O) groups excluding carboxylic acids is 2. The van der Waals surface area contributed by atoms with Gasteiger partial charge in [0, 0.05) is 11.8 Å². The minimum atomic E-state index is -0.487. The summed E-state index contributed by atoms with van der Waals surface area (Å²) in [5, 5.41) is 6.45. The van der Waals surface area contributed by atoms with Gasteiger partial charge in [-0.1, -0.05) is 6.07 Å². The average Bonchev–Trinajstić information content (AvgIpc) is 2.85. The summed E-state index contributed by atoms with van der Waals surface area (Å²) >= 11 is 0. The van der Waals surface area contributed by atoms with Crippen molar-refractivity contribution in [3.8, 4) is 0 Å². The van der Waals surface area contributed by atoms with Crippen LogP contribution in [0.1, 0.15) is 10.4 Å². The number of rotatable bonds is 4. The lowest BCUT2D eigenvalue weighted by atomic mass is 10.2. The van der Waals surface area contributed by atoms with Gasteiger partial charge in [-0.3, -0.25) is 14.3 Å². The van der Waals surface area contributed by atoms with Gasteiger partial charge >= 0.3 is 5.97 Å². The summed E-state index contributed by atoms with van der Waals surface area (Å²) in [4.78, 5) is 22.9. The van der Waals surface area contributed by atoms with Crippen LogP contribution in [0.5, 0.6) is 0 Å². The van der Waals surface area contributed by atoms with Crippen molar-refractivity contribution in [3.05, 3.63) is 48.0 Å². The Kier molecular flexibility index (Phi) is 4.09. The summed E-state index contributed by atoms with van der Waals surface area (Å²) in [7, 11) is 1.28. The van der Waals surface area contributed by atoms with E-state index in [2.05, 4.69) is 15.2 Å². The van der Waals surface area contributed by atoms with E-state index in [0.29, 0.717) is 5.69 Å². The third-order valence-corrected chi connectivity index (χ3v) is 2.50. The highest BCUT2D eigenvalue weighted by Crippen LogP contribution is 2.09. The van der Waals surface area contributed by atoms with Gasteiger partial charge in [-0.2, -0.15) is 5.10 Å². The maximum Gasteiger partial charge on any atom is 0.327 e. The number of nitrogens with zero attached hydrogens (tertiary/aromatic N) is 2. The van der Waals surface area contributed by atoms with E-state index in [4.69, 9.17) is 0 Å². The minimum absolute atomic E-state index is 0.0493. The first kappa shape index (κ1) is 13.7. The summed E-state index contributed by atoms with van der Waals surface area (Å²) in [5.74, 6) is -1.39. The fraction of sp³-hybridized carbons (Fsp3) is 0.154. The van der Waals surface area contributed by atoms with Crippen LogP contribution >= 0.6 is 0 Å². The molecule has 1 amide bonds. The minimum Gasteiger partial charge on any atom is -0.468 e. The molecule has 0 bridgehead atoms. The quantitative estimate of drug-likeness (QED) is 0.858. The second-order valence-corrected chi connectivity index (χ2v) is 3.97. The number of methoxy groups -OCH3 is 1. The number of esters is 1. The van der Waals surface area contributed by atoms with E-state index >= 15 is 0 Å². The van der Waals surface area contributed by atoms with Crippen LogP contribution in [0.4, 0.5) is 10.1 Å². The smallest absolute Gasteiger partial charge is 0.327 e. The molecule has 6 nitrogen and oxygen atoms in total. The maximum absolute atomic E-state index is 13.0. The van der Waals surface area contributed by atoms with Crippen LogP contribution < -0.4 is 5.32 Å². The third kappa shape index (κ3) is 3.41. The van der Waals surface area contributed by atoms with E-state index in [1.54, 1.807) is 0 Å². The molecule has 1 heterocycles. The Hall–Kier alpha value is -2.70. The Balaban J connectivity index is 2.03. The van der Waals surface area contributed by atoms with Gasteiger partial charge in [0.1, 0.15) is 12.4 Å². The molecular weight excluding hydrogens is 265 g/mol. The molecule has 0 unspecified atom stereocenters. The summed E-state index contributed by atoms with van der Waals surface area (Å²) in [5.41, 5.74) is 0.605. The van der Waals surface area contributed by atoms with E-state index in [0.717, 1.165) is 6.07 Å². The molecular formula is C13H12FN3O3. The highest BCUT2D eigenvalue weighted by Gasteiger charge is 2.09. The number of amides is 1. The largest absolute Gasteiger partial charge is 0.468 e. The number of hydrogen-bond donors (Lipinski definition) is 1. The van der Waals surface area contributed by atoms with Gasteiger partial charge in [0.05, 0.1) is 19.0 Å². The lowest BCUT2D eigenvalue weighted by molar-refractivity contribution is -0.141. The van der Waals surface area contributed by atoms with Crippen LogP contribution in [-0.2, 0) is 16.1 Å². The van der Waals surface area contributed by atoms with Gasteiger partial charge in [0.15, 0.2) is 0 Å². The van der Waals surface area contributed by atoms with Crippen LogP contribution in [0.15, 0.2) is 36.7 Å². The molecule has 0 saturated carbocycles. The van der Waals surface area contributed by atoms with Crippen molar-refractivity contribution in [2.24, 2.45) is 0 Å². The molecule has 104 valence electrons. The Bertz CT molecular complexity index is 639. The van der Waals surface area contributed by atoms with E-state index in [-0.39, 0.29) is 12.1 Å². The van der Waals surface area contributed by atoms with Crippen LogP contribution in [-0.4, -0.2) is 28.8 Å². The number of hydrogen-bond acceptors (Lipinski definition) is 4. The molecule has 1 N–H and O–H groups in total. The highest BCUT2D eigenvalue weighted by atomic mass is 19.1. The molecule has 2 aromatic rings. The SMILES string of the molecule is COC(=O)Cn1cc(NC(=O)c2cccc(F)c2)cn1. The molecule has 2 rings (SSSR count). The van der Waals surface area contributed by atoms with Crippen LogP contribution in [0, 0.1) is 5.82 Å². The van der Waals surface area contributed by atoms with Gasteiger partial charge in [-0.05, 0) is 18.2 Å². The van der Waals surface area contributed by atoms with Crippen molar-refractivity contribution in [2.75, 3.05) is 12.4 Å². The molecule has 20 heavy (non-hydrogen) atoms. The summed E-state index contributed by atoms with van der Waals surface area (Å²) < 4.78 is 18.8. The van der Waals surface area contributed by atoms with E-state index in [1.807, 2.05) is 0 Å². The Morgan fingerprint density at radius 1 is 1.45 bits per heavy atom. The first-order valence-corrected chi connectivity index (χ1v) is 5.74. The van der Waals surface area contributed by atoms with E-state index in [9.17, 15) is 14.0 Å². The summed E-state index contributed by atoms with van der Waals surface area (Å²) in [6, 6.07) is 5.33. The molecule has 1 aromatic heterocycles. The van der Waals surface area contributed by atoms with Crippen molar-refractivity contribution in [3.63, 3.8) is 0 Å². The Morgan fingerprint density at radius 2 is 2.25 bits per heavy atom. The average molecular weight is 277 g/mol. The molecule has 0 spiro atoms. The Labute approximate surface area is 114 Å². The number of nitrogens with one attached hydrogen (secondary N) is 1. The monoisotopic (exact) mass is 277 g/mol. The summed E-state index contributed by atoms with van der Waals surface area (Å²) in [6.45, 7) is -0.0493. The van der Waals surface area contributed by atoms with Crippen molar-refractivity contribution < 1.29 is 18.7 Å². The van der Waals surface area contributed by atoms with Crippen molar-refractivity contribution in [1.82, 2.24) is 9.78 Å². The number of halogens is 1. The van der Waals surface area contributed by atoms with Crippen molar-refractivity contribution in [1.29, 1.82) is 0 Å². The molecule has 0 aliphatic rings. The second kappa shape index (κ2) is 5.96. The number of aromatic nitrogens is 2. The van der Waals surface area contributed by atoms with Gasteiger partial charge in [0.25, 0.3) is 5.91 Å². The number of carbonyl (C=O) groups is 2. The third-order valence-electron chi connectivity index (χ3n) is 2.50. The molecule has 0 aliphatic heterocycles. The fourth-order valence-electron chi connectivity index (χ4n) is 1.54. The van der Waals surface area contributed by atoms with Gasteiger partial charge < -0.3 is 10.1 Å². The van der Waals surface area contributed by atoms with Gasteiger partial charge in [-0.15, -0.1) is 0 Å². The van der Waals surface area contributed by atoms with Crippen molar-refractivity contribution >= 4 is 17.6 Å². The zero-order valence-electron chi connectivity index (χ0n) is 10.7. The normalized spacial score (nSPS) is 10.1. The topological polar surface area (TPSA) is 73.2 Å². The zero-order valence-corrected chi connectivity index (χ0v) is 10.7. The van der Waals surface area contributed by atoms with E-state index in [1.165, 1.54) is 42.4 Å². The fourth-order valence-corrected chi connectivity index (χ4v) is 1.54. The number of benzene rings is 1. The predicted octanol–water partition coefficient (Wildman–Crippen LogP) is 1.45. The Morgan fingerprint density at radius 3 is 2.95 bits per heavy atom. The predicted molar refractivity (Wildman–Crippen MR) is 68.6 cm³/mol.